The molecular formula is C33H31N3O2. The lowest BCUT2D eigenvalue weighted by Crippen LogP contribution is -2.53. The number of ether oxygens (including phenoxy) is 1. The van der Waals surface area contributed by atoms with Crippen LogP contribution in [0.4, 0.5) is 0 Å². The molecule has 5 rings (SSSR count). The fourth-order valence-corrected chi connectivity index (χ4v) is 5.06. The van der Waals surface area contributed by atoms with Crippen LogP contribution in [0.5, 0.6) is 0 Å². The van der Waals surface area contributed by atoms with E-state index in [0.717, 1.165) is 22.4 Å². The van der Waals surface area contributed by atoms with Crippen LogP contribution >= 0.6 is 0 Å². The van der Waals surface area contributed by atoms with Gasteiger partial charge in [0.25, 0.3) is 0 Å². The Kier molecular flexibility index (Phi) is 7.76. The molecule has 5 aromatic rings. The molecule has 0 radical (unpaired) electrons. The average molecular weight is 502 g/mol. The van der Waals surface area contributed by atoms with Crippen molar-refractivity contribution in [3.63, 3.8) is 0 Å². The van der Waals surface area contributed by atoms with Gasteiger partial charge in [-0.15, -0.1) is 0 Å². The molecule has 190 valence electrons. The highest BCUT2D eigenvalue weighted by Gasteiger charge is 2.40. The van der Waals surface area contributed by atoms with E-state index in [9.17, 15) is 4.79 Å². The molecule has 0 aliphatic heterocycles. The number of hydrogen-bond donors (Lipinski definition) is 1. The van der Waals surface area contributed by atoms with Crippen molar-refractivity contribution in [1.29, 1.82) is 0 Å². The van der Waals surface area contributed by atoms with Crippen LogP contribution in [0.3, 0.4) is 0 Å². The summed E-state index contributed by atoms with van der Waals surface area (Å²) in [5.74, 6) is -0.329. The zero-order valence-electron chi connectivity index (χ0n) is 21.4. The third kappa shape index (κ3) is 5.29. The highest BCUT2D eigenvalue weighted by Crippen LogP contribution is 2.37. The lowest BCUT2D eigenvalue weighted by molar-refractivity contribution is -0.143. The minimum Gasteiger partial charge on any atom is -0.468 e. The molecule has 38 heavy (non-hydrogen) atoms. The molecule has 5 heteroatoms. The summed E-state index contributed by atoms with van der Waals surface area (Å²) in [7, 11) is 1.44. The summed E-state index contributed by atoms with van der Waals surface area (Å²) in [4.78, 5) is 17.8. The summed E-state index contributed by atoms with van der Waals surface area (Å²) in [6, 6.07) is 40.4. The van der Waals surface area contributed by atoms with Crippen molar-refractivity contribution in [2.45, 2.75) is 24.5 Å². The number of carbonyl (C=O) groups excluding carboxylic acids is 1. The monoisotopic (exact) mass is 501 g/mol. The van der Waals surface area contributed by atoms with E-state index in [1.807, 2.05) is 85.3 Å². The van der Waals surface area contributed by atoms with Crippen LogP contribution in [-0.4, -0.2) is 28.7 Å². The highest BCUT2D eigenvalue weighted by molar-refractivity contribution is 5.76. The Morgan fingerprint density at radius 2 is 1.26 bits per heavy atom. The molecule has 0 spiro atoms. The first-order chi connectivity index (χ1) is 18.7. The molecule has 0 bridgehead atoms. The smallest absolute Gasteiger partial charge is 0.323 e. The number of nitrogens with one attached hydrogen (secondary N) is 1. The third-order valence-corrected chi connectivity index (χ3v) is 6.90. The zero-order valence-corrected chi connectivity index (χ0v) is 21.4. The Morgan fingerprint density at radius 3 is 1.74 bits per heavy atom. The second-order valence-corrected chi connectivity index (χ2v) is 9.27. The number of hydrogen-bond acceptors (Lipinski definition) is 4. The molecule has 0 amide bonds. The zero-order chi connectivity index (χ0) is 26.2. The van der Waals surface area contributed by atoms with E-state index in [1.165, 1.54) is 12.7 Å². The van der Waals surface area contributed by atoms with E-state index >= 15 is 0 Å². The standard InChI is InChI=1S/C33H31N3O2/c1-38-32(37)31(22-30-23-34-25-36(30)24-26-14-6-2-7-15-26)35-33(27-16-8-3-9-17-27,28-18-10-4-11-19-28)29-20-12-5-13-21-29/h2-21,23,25,31,35H,22,24H2,1H3/t31-/m0/s1. The number of esters is 1. The maximum Gasteiger partial charge on any atom is 0.323 e. The van der Waals surface area contributed by atoms with Gasteiger partial charge in [0.1, 0.15) is 6.04 Å². The SMILES string of the molecule is COC(=O)[C@H](Cc1cncn1Cc1ccccc1)NC(c1ccccc1)(c1ccccc1)c1ccccc1. The number of rotatable bonds is 10. The van der Waals surface area contributed by atoms with Crippen LogP contribution in [0.2, 0.25) is 0 Å². The molecule has 1 aromatic heterocycles. The van der Waals surface area contributed by atoms with Gasteiger partial charge in [0.05, 0.1) is 19.0 Å². The van der Waals surface area contributed by atoms with E-state index in [-0.39, 0.29) is 5.97 Å². The quantitative estimate of drug-likeness (QED) is 0.200. The minimum atomic E-state index is -0.799. The van der Waals surface area contributed by atoms with E-state index in [2.05, 4.69) is 63.4 Å². The predicted molar refractivity (Wildman–Crippen MR) is 150 cm³/mol. The average Bonchev–Trinajstić information content (AvgIpc) is 3.43. The molecule has 0 aliphatic rings. The summed E-state index contributed by atoms with van der Waals surface area (Å²) in [5.41, 5.74) is 4.41. The van der Waals surface area contributed by atoms with E-state index < -0.39 is 11.6 Å². The number of benzene rings is 4. The minimum absolute atomic E-state index is 0.329. The molecule has 0 saturated heterocycles. The summed E-state index contributed by atoms with van der Waals surface area (Å²) < 4.78 is 7.43. The van der Waals surface area contributed by atoms with E-state index in [0.29, 0.717) is 13.0 Å². The van der Waals surface area contributed by atoms with Crippen molar-refractivity contribution in [3.05, 3.63) is 162 Å². The van der Waals surface area contributed by atoms with Gasteiger partial charge in [-0.1, -0.05) is 121 Å². The van der Waals surface area contributed by atoms with Gasteiger partial charge in [0.15, 0.2) is 0 Å². The Hall–Kier alpha value is -4.48. The number of nitrogens with zero attached hydrogens (tertiary/aromatic N) is 2. The first-order valence-electron chi connectivity index (χ1n) is 12.8. The molecule has 5 nitrogen and oxygen atoms in total. The maximum atomic E-state index is 13.4. The van der Waals surface area contributed by atoms with Crippen LogP contribution in [0.15, 0.2) is 134 Å². The van der Waals surface area contributed by atoms with Gasteiger partial charge in [-0.3, -0.25) is 10.1 Å². The van der Waals surface area contributed by atoms with Crippen molar-refractivity contribution in [2.24, 2.45) is 0 Å². The van der Waals surface area contributed by atoms with Crippen molar-refractivity contribution in [3.8, 4) is 0 Å². The number of methoxy groups -OCH3 is 1. The van der Waals surface area contributed by atoms with Gasteiger partial charge in [0, 0.05) is 24.9 Å². The van der Waals surface area contributed by atoms with Gasteiger partial charge >= 0.3 is 5.97 Å². The summed E-state index contributed by atoms with van der Waals surface area (Å²) in [5, 5.41) is 3.78. The Balaban J connectivity index is 1.60. The normalized spacial score (nSPS) is 12.1. The molecule has 4 aromatic carbocycles. The molecule has 0 unspecified atom stereocenters. The van der Waals surface area contributed by atoms with Crippen molar-refractivity contribution < 1.29 is 9.53 Å². The molecular weight excluding hydrogens is 470 g/mol. The lowest BCUT2D eigenvalue weighted by Gasteiger charge is -2.39. The van der Waals surface area contributed by atoms with Gasteiger partial charge < -0.3 is 9.30 Å². The Bertz CT molecular complexity index is 1340. The van der Waals surface area contributed by atoms with Gasteiger partial charge in [0.2, 0.25) is 0 Å². The van der Waals surface area contributed by atoms with E-state index in [1.54, 1.807) is 0 Å². The molecule has 1 N–H and O–H groups in total. The predicted octanol–water partition coefficient (Wildman–Crippen LogP) is 5.60. The Morgan fingerprint density at radius 1 is 0.789 bits per heavy atom. The molecule has 0 aliphatic carbocycles. The number of imidazole rings is 1. The largest absolute Gasteiger partial charge is 0.468 e. The van der Waals surface area contributed by atoms with Crippen molar-refractivity contribution >= 4 is 5.97 Å². The van der Waals surface area contributed by atoms with Crippen LogP contribution in [0.1, 0.15) is 27.9 Å². The number of aromatic nitrogens is 2. The fraction of sp³-hybridized carbons (Fsp3) is 0.152. The van der Waals surface area contributed by atoms with Crippen LogP contribution < -0.4 is 5.32 Å². The van der Waals surface area contributed by atoms with Crippen LogP contribution in [0.25, 0.3) is 0 Å². The first kappa shape index (κ1) is 25.2. The summed E-state index contributed by atoms with van der Waals surface area (Å²) >= 11 is 0. The maximum absolute atomic E-state index is 13.4. The highest BCUT2D eigenvalue weighted by atomic mass is 16.5. The third-order valence-electron chi connectivity index (χ3n) is 6.90. The van der Waals surface area contributed by atoms with Gasteiger partial charge in [-0.2, -0.15) is 0 Å². The Labute approximate surface area is 223 Å². The topological polar surface area (TPSA) is 56.1 Å². The molecule has 0 saturated carbocycles. The van der Waals surface area contributed by atoms with Crippen LogP contribution in [-0.2, 0) is 28.0 Å². The molecule has 0 fully saturated rings. The molecule has 1 atom stereocenters. The number of carbonyl (C=O) groups is 1. The fourth-order valence-electron chi connectivity index (χ4n) is 5.06. The van der Waals surface area contributed by atoms with Gasteiger partial charge in [-0.25, -0.2) is 4.98 Å². The summed E-state index contributed by atoms with van der Waals surface area (Å²) in [6.45, 7) is 0.672. The molecule has 1 heterocycles. The summed E-state index contributed by atoms with van der Waals surface area (Å²) in [6.07, 6.45) is 4.05. The second-order valence-electron chi connectivity index (χ2n) is 9.27. The van der Waals surface area contributed by atoms with Crippen molar-refractivity contribution in [1.82, 2.24) is 14.9 Å². The second kappa shape index (κ2) is 11.7. The van der Waals surface area contributed by atoms with Crippen LogP contribution in [0, 0.1) is 0 Å². The van der Waals surface area contributed by atoms with Crippen molar-refractivity contribution in [2.75, 3.05) is 7.11 Å². The first-order valence-corrected chi connectivity index (χ1v) is 12.8. The van der Waals surface area contributed by atoms with Gasteiger partial charge in [-0.05, 0) is 22.3 Å². The van der Waals surface area contributed by atoms with E-state index in [4.69, 9.17) is 4.74 Å². The lowest BCUT2D eigenvalue weighted by atomic mass is 9.76.